The molecule has 11 heavy (non-hydrogen) atoms. The van der Waals surface area contributed by atoms with E-state index >= 15 is 0 Å². The minimum atomic E-state index is 0.472. The highest BCUT2D eigenvalue weighted by Gasteiger charge is 1.92. The average molecular weight is 148 g/mol. The highest BCUT2D eigenvalue weighted by molar-refractivity contribution is 5.01. The van der Waals surface area contributed by atoms with Gasteiger partial charge in [-0.1, -0.05) is 0 Å². The number of aromatic nitrogens is 2. The van der Waals surface area contributed by atoms with Gasteiger partial charge in [-0.3, -0.25) is 0 Å². The maximum Gasteiger partial charge on any atom is 0.176 e. The van der Waals surface area contributed by atoms with Gasteiger partial charge in [-0.15, -0.1) is 0 Å². The zero-order valence-corrected chi connectivity index (χ0v) is 6.20. The quantitative estimate of drug-likeness (QED) is 0.485. The standard InChI is InChI=1S/C7H8N4/c1-6-10-3-2-7(11-6)4-9-5-8/h2-3,9H,4H2,1H3. The molecular formula is C7H8N4. The molecule has 0 atom stereocenters. The summed E-state index contributed by atoms with van der Waals surface area (Å²) in [7, 11) is 0. The van der Waals surface area contributed by atoms with E-state index in [1.165, 1.54) is 0 Å². The van der Waals surface area contributed by atoms with E-state index in [0.717, 1.165) is 11.5 Å². The fourth-order valence-corrected chi connectivity index (χ4v) is 0.734. The lowest BCUT2D eigenvalue weighted by Crippen LogP contribution is -2.07. The maximum absolute atomic E-state index is 8.19. The number of nitrogens with one attached hydrogen (secondary N) is 1. The van der Waals surface area contributed by atoms with Crippen LogP contribution in [0.2, 0.25) is 0 Å². The zero-order chi connectivity index (χ0) is 8.10. The van der Waals surface area contributed by atoms with Crippen LogP contribution in [0.5, 0.6) is 0 Å². The first-order chi connectivity index (χ1) is 5.33. The van der Waals surface area contributed by atoms with Gasteiger partial charge >= 0.3 is 0 Å². The molecule has 4 nitrogen and oxygen atoms in total. The zero-order valence-electron chi connectivity index (χ0n) is 6.20. The second-order valence-corrected chi connectivity index (χ2v) is 2.06. The highest BCUT2D eigenvalue weighted by atomic mass is 14.9. The van der Waals surface area contributed by atoms with E-state index in [0.29, 0.717) is 6.54 Å². The lowest BCUT2D eigenvalue weighted by atomic mass is 10.4. The van der Waals surface area contributed by atoms with Crippen molar-refractivity contribution in [1.82, 2.24) is 15.3 Å². The van der Waals surface area contributed by atoms with Gasteiger partial charge in [-0.05, 0) is 13.0 Å². The Bertz CT molecular complexity index is 276. The topological polar surface area (TPSA) is 61.6 Å². The van der Waals surface area contributed by atoms with Crippen LogP contribution in [0.4, 0.5) is 0 Å². The van der Waals surface area contributed by atoms with Crippen molar-refractivity contribution in [1.29, 1.82) is 5.26 Å². The van der Waals surface area contributed by atoms with Crippen molar-refractivity contribution in [2.45, 2.75) is 13.5 Å². The molecule has 1 aromatic heterocycles. The molecule has 1 aromatic rings. The molecule has 1 heterocycles. The van der Waals surface area contributed by atoms with Gasteiger partial charge in [0.25, 0.3) is 0 Å². The van der Waals surface area contributed by atoms with Crippen molar-refractivity contribution >= 4 is 0 Å². The van der Waals surface area contributed by atoms with Gasteiger partial charge in [-0.2, -0.15) is 5.26 Å². The van der Waals surface area contributed by atoms with Gasteiger partial charge in [0.1, 0.15) is 5.82 Å². The van der Waals surface area contributed by atoms with E-state index in [1.54, 1.807) is 12.3 Å². The summed E-state index contributed by atoms with van der Waals surface area (Å²) in [5.41, 5.74) is 0.832. The molecule has 0 aliphatic heterocycles. The van der Waals surface area contributed by atoms with Crippen LogP contribution in [0.25, 0.3) is 0 Å². The molecule has 0 amide bonds. The monoisotopic (exact) mass is 148 g/mol. The fraction of sp³-hybridized carbons (Fsp3) is 0.286. The van der Waals surface area contributed by atoms with Gasteiger partial charge in [-0.25, -0.2) is 9.97 Å². The number of rotatable bonds is 2. The van der Waals surface area contributed by atoms with Crippen molar-refractivity contribution in [2.24, 2.45) is 0 Å². The molecule has 0 unspecified atom stereocenters. The predicted octanol–water partition coefficient (Wildman–Crippen LogP) is 0.356. The molecule has 0 spiro atoms. The van der Waals surface area contributed by atoms with Crippen molar-refractivity contribution in [3.63, 3.8) is 0 Å². The summed E-state index contributed by atoms with van der Waals surface area (Å²) >= 11 is 0. The Hall–Kier alpha value is -1.63. The first kappa shape index (κ1) is 7.48. The lowest BCUT2D eigenvalue weighted by Gasteiger charge is -1.97. The molecule has 0 bridgehead atoms. The Balaban J connectivity index is 2.65. The molecule has 0 saturated carbocycles. The lowest BCUT2D eigenvalue weighted by molar-refractivity contribution is 0.828. The number of nitriles is 1. The van der Waals surface area contributed by atoms with Gasteiger partial charge in [0.15, 0.2) is 6.19 Å². The predicted molar refractivity (Wildman–Crippen MR) is 39.2 cm³/mol. The Labute approximate surface area is 64.9 Å². The third-order valence-corrected chi connectivity index (χ3v) is 1.18. The Morgan fingerprint density at radius 1 is 1.73 bits per heavy atom. The van der Waals surface area contributed by atoms with Crippen molar-refractivity contribution in [2.75, 3.05) is 0 Å². The fourth-order valence-electron chi connectivity index (χ4n) is 0.734. The number of nitrogens with zero attached hydrogens (tertiary/aromatic N) is 3. The van der Waals surface area contributed by atoms with Gasteiger partial charge in [0.2, 0.25) is 0 Å². The minimum Gasteiger partial charge on any atom is -0.318 e. The molecule has 4 heteroatoms. The summed E-state index contributed by atoms with van der Waals surface area (Å²) in [6, 6.07) is 1.78. The van der Waals surface area contributed by atoms with Crippen LogP contribution in [-0.2, 0) is 6.54 Å². The van der Waals surface area contributed by atoms with Crippen LogP contribution in [0.3, 0.4) is 0 Å². The summed E-state index contributed by atoms with van der Waals surface area (Å²) in [5, 5.41) is 10.7. The van der Waals surface area contributed by atoms with E-state index in [9.17, 15) is 0 Å². The molecule has 1 rings (SSSR count). The van der Waals surface area contributed by atoms with Gasteiger partial charge in [0, 0.05) is 6.20 Å². The van der Waals surface area contributed by atoms with Crippen molar-refractivity contribution in [3.8, 4) is 6.19 Å². The smallest absolute Gasteiger partial charge is 0.176 e. The molecule has 0 aromatic carbocycles. The molecule has 0 aliphatic carbocycles. The van der Waals surface area contributed by atoms with Crippen LogP contribution in [0.1, 0.15) is 11.5 Å². The summed E-state index contributed by atoms with van der Waals surface area (Å²) < 4.78 is 0. The van der Waals surface area contributed by atoms with Crippen LogP contribution in [0.15, 0.2) is 12.3 Å². The molecule has 0 fully saturated rings. The van der Waals surface area contributed by atoms with E-state index in [4.69, 9.17) is 5.26 Å². The van der Waals surface area contributed by atoms with Crippen molar-refractivity contribution < 1.29 is 0 Å². The van der Waals surface area contributed by atoms with E-state index < -0.39 is 0 Å². The summed E-state index contributed by atoms with van der Waals surface area (Å²) in [6.07, 6.45) is 3.50. The average Bonchev–Trinajstić information content (AvgIpc) is 2.01. The number of hydrogen-bond donors (Lipinski definition) is 1. The Kier molecular flexibility index (Phi) is 2.39. The number of hydrogen-bond acceptors (Lipinski definition) is 4. The Morgan fingerprint density at radius 2 is 2.55 bits per heavy atom. The van der Waals surface area contributed by atoms with Crippen LogP contribution in [0, 0.1) is 18.4 Å². The maximum atomic E-state index is 8.19. The third-order valence-electron chi connectivity index (χ3n) is 1.18. The van der Waals surface area contributed by atoms with Gasteiger partial charge < -0.3 is 5.32 Å². The summed E-state index contributed by atoms with van der Waals surface area (Å²) in [6.45, 7) is 2.29. The molecule has 0 radical (unpaired) electrons. The summed E-state index contributed by atoms with van der Waals surface area (Å²) in [4.78, 5) is 8.01. The molecule has 0 aliphatic rings. The second-order valence-electron chi connectivity index (χ2n) is 2.06. The largest absolute Gasteiger partial charge is 0.318 e. The molecular weight excluding hydrogens is 140 g/mol. The second kappa shape index (κ2) is 3.52. The minimum absolute atomic E-state index is 0.472. The van der Waals surface area contributed by atoms with Crippen LogP contribution < -0.4 is 5.32 Å². The van der Waals surface area contributed by atoms with E-state index in [2.05, 4.69) is 15.3 Å². The van der Waals surface area contributed by atoms with E-state index in [-0.39, 0.29) is 0 Å². The first-order valence-electron chi connectivity index (χ1n) is 3.23. The molecule has 0 saturated heterocycles. The normalized spacial score (nSPS) is 8.73. The SMILES string of the molecule is Cc1nccc(CNC#N)n1. The third kappa shape index (κ3) is 2.22. The molecule has 56 valence electrons. The first-order valence-corrected chi connectivity index (χ1v) is 3.23. The van der Waals surface area contributed by atoms with E-state index in [1.807, 2.05) is 13.1 Å². The van der Waals surface area contributed by atoms with Gasteiger partial charge in [0.05, 0.1) is 12.2 Å². The summed E-state index contributed by atoms with van der Waals surface area (Å²) in [5.74, 6) is 0.724. The highest BCUT2D eigenvalue weighted by Crippen LogP contribution is 1.92. The van der Waals surface area contributed by atoms with Crippen LogP contribution in [-0.4, -0.2) is 9.97 Å². The van der Waals surface area contributed by atoms with Crippen LogP contribution >= 0.6 is 0 Å². The van der Waals surface area contributed by atoms with Crippen molar-refractivity contribution in [3.05, 3.63) is 23.8 Å². The number of aryl methyl sites for hydroxylation is 1. The Morgan fingerprint density at radius 3 is 3.18 bits per heavy atom. The molecule has 1 N–H and O–H groups in total.